The first kappa shape index (κ1) is 17.3. The van der Waals surface area contributed by atoms with Crippen molar-refractivity contribution >= 4 is 23.7 Å². The van der Waals surface area contributed by atoms with E-state index in [0.29, 0.717) is 11.3 Å². The summed E-state index contributed by atoms with van der Waals surface area (Å²) in [7, 11) is 0. The van der Waals surface area contributed by atoms with E-state index in [4.69, 9.17) is 0 Å². The number of anilines is 1. The Morgan fingerprint density at radius 3 is 2.42 bits per heavy atom. The van der Waals surface area contributed by atoms with Gasteiger partial charge in [-0.1, -0.05) is 18.2 Å². The fourth-order valence-corrected chi connectivity index (χ4v) is 1.94. The van der Waals surface area contributed by atoms with Crippen LogP contribution < -0.4 is 10.7 Å². The Bertz CT molecular complexity index is 770. The van der Waals surface area contributed by atoms with Crippen LogP contribution in [0.4, 0.5) is 10.1 Å². The molecule has 0 saturated heterocycles. The zero-order valence-corrected chi connectivity index (χ0v) is 13.5. The summed E-state index contributed by atoms with van der Waals surface area (Å²) in [4.78, 5) is 23.5. The van der Waals surface area contributed by atoms with Gasteiger partial charge in [0.2, 0.25) is 11.8 Å². The zero-order chi connectivity index (χ0) is 17.5. The molecule has 2 aromatic carbocycles. The molecular weight excluding hydrogens is 309 g/mol. The third-order valence-electron chi connectivity index (χ3n) is 3.38. The highest BCUT2D eigenvalue weighted by molar-refractivity contribution is 6.03. The Kier molecular flexibility index (Phi) is 5.78. The van der Waals surface area contributed by atoms with Crippen LogP contribution in [0.2, 0.25) is 0 Å². The molecule has 2 rings (SSSR count). The second-order valence-corrected chi connectivity index (χ2v) is 5.37. The number of hydrazone groups is 1. The molecule has 0 aliphatic carbocycles. The maximum atomic E-state index is 12.7. The Hall–Kier alpha value is -3.02. The van der Waals surface area contributed by atoms with Crippen LogP contribution in [0.3, 0.4) is 0 Å². The van der Waals surface area contributed by atoms with E-state index in [1.165, 1.54) is 30.5 Å². The van der Waals surface area contributed by atoms with Gasteiger partial charge in [0.25, 0.3) is 0 Å². The van der Waals surface area contributed by atoms with Crippen LogP contribution in [0.15, 0.2) is 47.6 Å². The third kappa shape index (κ3) is 5.31. The van der Waals surface area contributed by atoms with Crippen molar-refractivity contribution in [1.29, 1.82) is 0 Å². The van der Waals surface area contributed by atoms with Crippen LogP contribution >= 0.6 is 0 Å². The minimum absolute atomic E-state index is 0.340. The van der Waals surface area contributed by atoms with E-state index in [-0.39, 0.29) is 12.2 Å². The van der Waals surface area contributed by atoms with Crippen molar-refractivity contribution in [2.45, 2.75) is 20.3 Å². The normalized spacial score (nSPS) is 10.6. The molecule has 2 N–H and O–H groups in total. The van der Waals surface area contributed by atoms with Gasteiger partial charge in [0.15, 0.2) is 0 Å². The molecular formula is C18H18FN3O2. The first-order valence-corrected chi connectivity index (χ1v) is 7.38. The smallest absolute Gasteiger partial charge is 0.249 e. The van der Waals surface area contributed by atoms with Gasteiger partial charge in [0.1, 0.15) is 12.2 Å². The summed E-state index contributed by atoms with van der Waals surface area (Å²) in [5.41, 5.74) is 5.72. The Morgan fingerprint density at radius 2 is 1.75 bits per heavy atom. The molecule has 5 nitrogen and oxygen atoms in total. The van der Waals surface area contributed by atoms with Crippen molar-refractivity contribution < 1.29 is 14.0 Å². The van der Waals surface area contributed by atoms with E-state index < -0.39 is 11.8 Å². The van der Waals surface area contributed by atoms with E-state index >= 15 is 0 Å². The fraction of sp³-hybridized carbons (Fsp3) is 0.167. The average molecular weight is 327 g/mol. The number of amides is 2. The molecule has 0 spiro atoms. The summed E-state index contributed by atoms with van der Waals surface area (Å²) < 4.78 is 12.7. The summed E-state index contributed by atoms with van der Waals surface area (Å²) in [6, 6.07) is 11.2. The van der Waals surface area contributed by atoms with Gasteiger partial charge < -0.3 is 5.32 Å². The van der Waals surface area contributed by atoms with Crippen LogP contribution in [0, 0.1) is 19.7 Å². The molecule has 0 fully saturated rings. The lowest BCUT2D eigenvalue weighted by Crippen LogP contribution is -2.24. The van der Waals surface area contributed by atoms with Gasteiger partial charge >= 0.3 is 0 Å². The number of hydrogen-bond acceptors (Lipinski definition) is 3. The monoisotopic (exact) mass is 327 g/mol. The van der Waals surface area contributed by atoms with Crippen LogP contribution in [0.25, 0.3) is 0 Å². The first-order valence-electron chi connectivity index (χ1n) is 7.38. The quantitative estimate of drug-likeness (QED) is 0.503. The third-order valence-corrected chi connectivity index (χ3v) is 3.38. The van der Waals surface area contributed by atoms with Gasteiger partial charge in [-0.05, 0) is 54.8 Å². The second kappa shape index (κ2) is 8.01. The molecule has 0 aromatic heterocycles. The first-order chi connectivity index (χ1) is 11.4. The lowest BCUT2D eigenvalue weighted by atomic mass is 10.1. The Labute approximate surface area is 139 Å². The second-order valence-electron chi connectivity index (χ2n) is 5.37. The fourth-order valence-electron chi connectivity index (χ4n) is 1.94. The molecule has 0 aliphatic rings. The highest BCUT2D eigenvalue weighted by Gasteiger charge is 2.09. The molecule has 124 valence electrons. The summed E-state index contributed by atoms with van der Waals surface area (Å²) in [6.07, 6.45) is 1.03. The Balaban J connectivity index is 1.81. The molecule has 0 radical (unpaired) electrons. The highest BCUT2D eigenvalue weighted by Crippen LogP contribution is 2.14. The SMILES string of the molecule is Cc1ccc(NC(=O)CC(=O)NN=Cc2ccc(F)cc2)cc1C. The van der Waals surface area contributed by atoms with Crippen molar-refractivity contribution in [3.63, 3.8) is 0 Å². The van der Waals surface area contributed by atoms with Crippen molar-refractivity contribution in [3.05, 3.63) is 65.0 Å². The summed E-state index contributed by atoms with van der Waals surface area (Å²) in [5.74, 6) is -1.30. The number of halogens is 1. The van der Waals surface area contributed by atoms with E-state index in [1.54, 1.807) is 6.07 Å². The van der Waals surface area contributed by atoms with Gasteiger partial charge in [-0.25, -0.2) is 9.82 Å². The molecule has 24 heavy (non-hydrogen) atoms. The molecule has 0 unspecified atom stereocenters. The average Bonchev–Trinajstić information content (AvgIpc) is 2.53. The van der Waals surface area contributed by atoms with Gasteiger partial charge in [-0.2, -0.15) is 5.10 Å². The van der Waals surface area contributed by atoms with E-state index in [2.05, 4.69) is 15.8 Å². The lowest BCUT2D eigenvalue weighted by molar-refractivity contribution is -0.126. The number of benzene rings is 2. The van der Waals surface area contributed by atoms with E-state index in [0.717, 1.165) is 11.1 Å². The molecule has 2 amide bonds. The van der Waals surface area contributed by atoms with E-state index in [9.17, 15) is 14.0 Å². The predicted molar refractivity (Wildman–Crippen MR) is 91.3 cm³/mol. The maximum Gasteiger partial charge on any atom is 0.249 e. The Morgan fingerprint density at radius 1 is 1.04 bits per heavy atom. The standard InChI is InChI=1S/C18H18FN3O2/c1-12-3-8-16(9-13(12)2)21-17(23)10-18(24)22-20-11-14-4-6-15(19)7-5-14/h3-9,11H,10H2,1-2H3,(H,21,23)(H,22,24). The highest BCUT2D eigenvalue weighted by atomic mass is 19.1. The molecule has 0 atom stereocenters. The number of aryl methyl sites for hydroxylation is 2. The number of rotatable bonds is 5. The number of carbonyl (C=O) groups excluding carboxylic acids is 2. The van der Waals surface area contributed by atoms with Crippen LogP contribution in [-0.4, -0.2) is 18.0 Å². The zero-order valence-electron chi connectivity index (χ0n) is 13.5. The lowest BCUT2D eigenvalue weighted by Gasteiger charge is -2.07. The van der Waals surface area contributed by atoms with Gasteiger partial charge in [0, 0.05) is 5.69 Å². The predicted octanol–water partition coefficient (Wildman–Crippen LogP) is 2.92. The van der Waals surface area contributed by atoms with Crippen molar-refractivity contribution in [1.82, 2.24) is 5.43 Å². The summed E-state index contributed by atoms with van der Waals surface area (Å²) in [5, 5.41) is 6.39. The number of nitrogens with one attached hydrogen (secondary N) is 2. The largest absolute Gasteiger partial charge is 0.326 e. The van der Waals surface area contributed by atoms with Gasteiger partial charge in [-0.15, -0.1) is 0 Å². The minimum Gasteiger partial charge on any atom is -0.326 e. The molecule has 2 aromatic rings. The number of nitrogens with zero attached hydrogens (tertiary/aromatic N) is 1. The van der Waals surface area contributed by atoms with Crippen LogP contribution in [-0.2, 0) is 9.59 Å². The van der Waals surface area contributed by atoms with Gasteiger partial charge in [0.05, 0.1) is 6.21 Å². The summed E-state index contributed by atoms with van der Waals surface area (Å²) in [6.45, 7) is 3.93. The van der Waals surface area contributed by atoms with Gasteiger partial charge in [-0.3, -0.25) is 9.59 Å². The molecule has 0 aliphatic heterocycles. The summed E-state index contributed by atoms with van der Waals surface area (Å²) >= 11 is 0. The van der Waals surface area contributed by atoms with Crippen molar-refractivity contribution in [2.75, 3.05) is 5.32 Å². The molecule has 6 heteroatoms. The molecule has 0 bridgehead atoms. The molecule has 0 saturated carbocycles. The number of carbonyl (C=O) groups is 2. The topological polar surface area (TPSA) is 70.6 Å². The van der Waals surface area contributed by atoms with Crippen LogP contribution in [0.5, 0.6) is 0 Å². The van der Waals surface area contributed by atoms with E-state index in [1.807, 2.05) is 26.0 Å². The number of hydrogen-bond donors (Lipinski definition) is 2. The molecule has 0 heterocycles. The van der Waals surface area contributed by atoms with Crippen molar-refractivity contribution in [2.24, 2.45) is 5.10 Å². The maximum absolute atomic E-state index is 12.7. The minimum atomic E-state index is -0.533. The van der Waals surface area contributed by atoms with Crippen molar-refractivity contribution in [3.8, 4) is 0 Å². The van der Waals surface area contributed by atoms with Crippen LogP contribution in [0.1, 0.15) is 23.1 Å².